The Morgan fingerprint density at radius 3 is 2.00 bits per heavy atom. The van der Waals surface area contributed by atoms with Crippen LogP contribution in [-0.4, -0.2) is 28.2 Å². The van der Waals surface area contributed by atoms with E-state index in [-0.39, 0.29) is 5.92 Å². The van der Waals surface area contributed by atoms with E-state index in [1.54, 1.807) is 0 Å². The number of nitrogens with zero attached hydrogens (tertiary/aromatic N) is 1. The Kier molecular flexibility index (Phi) is 6.40. The highest BCUT2D eigenvalue weighted by atomic mass is 32.1. The van der Waals surface area contributed by atoms with Gasteiger partial charge in [0.1, 0.15) is 5.60 Å². The molecule has 1 aliphatic rings. The van der Waals surface area contributed by atoms with Crippen LogP contribution in [-0.2, 0) is 5.60 Å². The number of likely N-dealkylation sites (tertiary alicyclic amines) is 1. The molecule has 0 aliphatic carbocycles. The Bertz CT molecular complexity index is 988. The Balaban J connectivity index is 1.51. The smallest absolute Gasteiger partial charge is 0.173 e. The molecule has 0 aromatic heterocycles. The van der Waals surface area contributed by atoms with E-state index in [4.69, 9.17) is 12.2 Å². The van der Waals surface area contributed by atoms with Gasteiger partial charge in [-0.2, -0.15) is 0 Å². The molecule has 1 heterocycles. The lowest BCUT2D eigenvalue weighted by Gasteiger charge is -2.43. The summed E-state index contributed by atoms with van der Waals surface area (Å²) in [7, 11) is 0. The predicted octanol–water partition coefficient (Wildman–Crippen LogP) is 5.65. The molecule has 31 heavy (non-hydrogen) atoms. The van der Waals surface area contributed by atoms with Crippen molar-refractivity contribution in [1.29, 1.82) is 0 Å². The van der Waals surface area contributed by atoms with E-state index in [1.807, 2.05) is 60.7 Å². The summed E-state index contributed by atoms with van der Waals surface area (Å²) in [5, 5.41) is 16.2. The van der Waals surface area contributed by atoms with Crippen molar-refractivity contribution in [2.75, 3.05) is 18.4 Å². The van der Waals surface area contributed by atoms with Crippen molar-refractivity contribution in [2.24, 2.45) is 5.92 Å². The third kappa shape index (κ3) is 4.51. The van der Waals surface area contributed by atoms with E-state index < -0.39 is 5.60 Å². The molecule has 0 saturated carbocycles. The summed E-state index contributed by atoms with van der Waals surface area (Å²) in [4.78, 5) is 2.23. The molecule has 0 unspecified atom stereocenters. The van der Waals surface area contributed by atoms with Gasteiger partial charge in [0.2, 0.25) is 0 Å². The number of hydrogen-bond donors (Lipinski definition) is 2. The van der Waals surface area contributed by atoms with Gasteiger partial charge in [0.05, 0.1) is 0 Å². The molecule has 1 saturated heterocycles. The molecule has 1 fully saturated rings. The zero-order chi connectivity index (χ0) is 21.8. The van der Waals surface area contributed by atoms with Crippen molar-refractivity contribution in [1.82, 2.24) is 4.90 Å². The number of anilines is 1. The molecule has 0 amide bonds. The van der Waals surface area contributed by atoms with Gasteiger partial charge in [-0.25, -0.2) is 0 Å². The second-order valence-electron chi connectivity index (χ2n) is 8.51. The molecule has 3 nitrogen and oxygen atoms in total. The molecule has 0 radical (unpaired) electrons. The Morgan fingerprint density at radius 2 is 1.45 bits per heavy atom. The van der Waals surface area contributed by atoms with Gasteiger partial charge in [-0.15, -0.1) is 0 Å². The van der Waals surface area contributed by atoms with Crippen molar-refractivity contribution < 1.29 is 5.11 Å². The van der Waals surface area contributed by atoms with Crippen molar-refractivity contribution in [3.8, 4) is 0 Å². The lowest BCUT2D eigenvalue weighted by Crippen LogP contribution is -2.47. The number of thiocarbonyl (C=S) groups is 1. The van der Waals surface area contributed by atoms with Crippen LogP contribution in [0.2, 0.25) is 0 Å². The summed E-state index contributed by atoms with van der Waals surface area (Å²) in [5.74, 6) is 0.122. The van der Waals surface area contributed by atoms with Gasteiger partial charge in [0, 0.05) is 18.8 Å². The van der Waals surface area contributed by atoms with Gasteiger partial charge in [-0.05, 0) is 73.1 Å². The molecule has 4 rings (SSSR count). The summed E-state index contributed by atoms with van der Waals surface area (Å²) in [5.41, 5.74) is 4.37. The van der Waals surface area contributed by atoms with Crippen molar-refractivity contribution >= 4 is 23.0 Å². The fourth-order valence-electron chi connectivity index (χ4n) is 4.59. The molecule has 0 bridgehead atoms. The second-order valence-corrected chi connectivity index (χ2v) is 8.89. The predicted molar refractivity (Wildman–Crippen MR) is 132 cm³/mol. The molecular formula is C27H30N2OS. The van der Waals surface area contributed by atoms with Crippen molar-refractivity contribution in [3.63, 3.8) is 0 Å². The lowest BCUT2D eigenvalue weighted by molar-refractivity contribution is -0.00631. The number of rotatable bonds is 4. The Morgan fingerprint density at radius 1 is 0.903 bits per heavy atom. The molecule has 3 aromatic rings. The van der Waals surface area contributed by atoms with E-state index in [1.165, 1.54) is 11.1 Å². The molecule has 0 spiro atoms. The van der Waals surface area contributed by atoms with Crippen LogP contribution in [0.3, 0.4) is 0 Å². The summed E-state index contributed by atoms with van der Waals surface area (Å²) in [6.45, 7) is 5.83. The van der Waals surface area contributed by atoms with E-state index in [0.717, 1.165) is 47.9 Å². The first-order chi connectivity index (χ1) is 15.0. The normalized spacial score (nSPS) is 15.0. The highest BCUT2D eigenvalue weighted by molar-refractivity contribution is 7.80. The third-order valence-electron chi connectivity index (χ3n) is 6.44. The first-order valence-electron chi connectivity index (χ1n) is 10.9. The minimum absolute atomic E-state index is 0.122. The topological polar surface area (TPSA) is 35.5 Å². The van der Waals surface area contributed by atoms with Crippen LogP contribution < -0.4 is 5.32 Å². The highest BCUT2D eigenvalue weighted by Crippen LogP contribution is 2.42. The Labute approximate surface area is 190 Å². The average Bonchev–Trinajstić information content (AvgIpc) is 2.82. The van der Waals surface area contributed by atoms with Crippen molar-refractivity contribution in [3.05, 3.63) is 101 Å². The molecule has 0 atom stereocenters. The number of benzene rings is 3. The first kappa shape index (κ1) is 21.5. The standard InChI is InChI=1S/C27H30N2OS/c1-20-13-14-21(2)25(19-20)28-26(31)29-17-15-24(16-18-29)27(30,22-9-5-3-6-10-22)23-11-7-4-8-12-23/h3-14,19,24,30H,15-18H2,1-2H3,(H,28,31). The maximum Gasteiger partial charge on any atom is 0.173 e. The molecule has 1 aliphatic heterocycles. The molecular weight excluding hydrogens is 400 g/mol. The van der Waals surface area contributed by atoms with Gasteiger partial charge in [0.25, 0.3) is 0 Å². The zero-order valence-electron chi connectivity index (χ0n) is 18.2. The summed E-state index contributed by atoms with van der Waals surface area (Å²) in [6, 6.07) is 26.5. The maximum absolute atomic E-state index is 12.0. The van der Waals surface area contributed by atoms with Gasteiger partial charge >= 0.3 is 0 Å². The van der Waals surface area contributed by atoms with Crippen LogP contribution in [0, 0.1) is 19.8 Å². The SMILES string of the molecule is Cc1ccc(C)c(NC(=S)N2CCC(C(O)(c3ccccc3)c3ccccc3)CC2)c1. The largest absolute Gasteiger partial charge is 0.380 e. The van der Waals surface area contributed by atoms with Crippen LogP contribution in [0.4, 0.5) is 5.69 Å². The van der Waals surface area contributed by atoms with Gasteiger partial charge < -0.3 is 15.3 Å². The quantitative estimate of drug-likeness (QED) is 0.525. The van der Waals surface area contributed by atoms with E-state index in [2.05, 4.69) is 42.3 Å². The lowest BCUT2D eigenvalue weighted by atomic mass is 9.72. The van der Waals surface area contributed by atoms with E-state index in [0.29, 0.717) is 0 Å². The van der Waals surface area contributed by atoms with Crippen LogP contribution in [0.25, 0.3) is 0 Å². The van der Waals surface area contributed by atoms with E-state index in [9.17, 15) is 5.11 Å². The average molecular weight is 431 g/mol. The number of aryl methyl sites for hydroxylation is 2. The summed E-state index contributed by atoms with van der Waals surface area (Å²) < 4.78 is 0. The summed E-state index contributed by atoms with van der Waals surface area (Å²) in [6.07, 6.45) is 1.74. The molecule has 4 heteroatoms. The van der Waals surface area contributed by atoms with Crippen molar-refractivity contribution in [2.45, 2.75) is 32.3 Å². The van der Waals surface area contributed by atoms with E-state index >= 15 is 0 Å². The number of nitrogens with one attached hydrogen (secondary N) is 1. The fraction of sp³-hybridized carbons (Fsp3) is 0.296. The number of aliphatic hydroxyl groups is 1. The second kappa shape index (κ2) is 9.21. The third-order valence-corrected chi connectivity index (χ3v) is 6.80. The minimum Gasteiger partial charge on any atom is -0.380 e. The molecule has 2 N–H and O–H groups in total. The van der Waals surface area contributed by atoms with Crippen LogP contribution >= 0.6 is 12.2 Å². The minimum atomic E-state index is -1.00. The van der Waals surface area contributed by atoms with Gasteiger partial charge in [-0.1, -0.05) is 72.8 Å². The Hall–Kier alpha value is -2.69. The monoisotopic (exact) mass is 430 g/mol. The van der Waals surface area contributed by atoms with Crippen LogP contribution in [0.5, 0.6) is 0 Å². The number of piperidine rings is 1. The molecule has 160 valence electrons. The van der Waals surface area contributed by atoms with Gasteiger partial charge in [0.15, 0.2) is 5.11 Å². The fourth-order valence-corrected chi connectivity index (χ4v) is 4.88. The van der Waals surface area contributed by atoms with Gasteiger partial charge in [-0.3, -0.25) is 0 Å². The van der Waals surface area contributed by atoms with Crippen LogP contribution in [0.1, 0.15) is 35.1 Å². The van der Waals surface area contributed by atoms with Crippen LogP contribution in [0.15, 0.2) is 78.9 Å². The number of hydrogen-bond acceptors (Lipinski definition) is 2. The maximum atomic E-state index is 12.0. The highest BCUT2D eigenvalue weighted by Gasteiger charge is 2.41. The summed E-state index contributed by atoms with van der Waals surface area (Å²) >= 11 is 5.73. The zero-order valence-corrected chi connectivity index (χ0v) is 19.0. The molecule has 3 aromatic carbocycles. The first-order valence-corrected chi connectivity index (χ1v) is 11.4.